The van der Waals surface area contributed by atoms with Gasteiger partial charge in [-0.1, -0.05) is 12.1 Å². The number of fused-ring (bicyclic) bond motifs is 1. The summed E-state index contributed by atoms with van der Waals surface area (Å²) >= 11 is 0. The lowest BCUT2D eigenvalue weighted by atomic mass is 9.97. The Morgan fingerprint density at radius 2 is 2.05 bits per heavy atom. The van der Waals surface area contributed by atoms with E-state index < -0.39 is 6.04 Å². The molecule has 0 radical (unpaired) electrons. The molecular formula is C18H22N2O2. The normalized spacial score (nSPS) is 14.7. The van der Waals surface area contributed by atoms with E-state index in [0.717, 1.165) is 41.8 Å². The zero-order valence-corrected chi connectivity index (χ0v) is 13.3. The molecule has 1 aromatic heterocycles. The van der Waals surface area contributed by atoms with Crippen molar-refractivity contribution in [3.05, 3.63) is 62.6 Å². The highest BCUT2D eigenvalue weighted by molar-refractivity contribution is 5.41. The first kappa shape index (κ1) is 14.9. The van der Waals surface area contributed by atoms with Gasteiger partial charge in [-0.05, 0) is 55.0 Å². The maximum Gasteiger partial charge on any atom is 0.255 e. The maximum atomic E-state index is 12.6. The molecule has 3 rings (SSSR count). The summed E-state index contributed by atoms with van der Waals surface area (Å²) < 4.78 is 7.05. The maximum absolute atomic E-state index is 12.6. The average Bonchev–Trinajstić information content (AvgIpc) is 2.98. The molecule has 2 aromatic rings. The molecule has 1 aromatic carbocycles. The van der Waals surface area contributed by atoms with E-state index >= 15 is 0 Å². The van der Waals surface area contributed by atoms with E-state index in [2.05, 4.69) is 0 Å². The van der Waals surface area contributed by atoms with Gasteiger partial charge in [0.05, 0.1) is 13.2 Å². The van der Waals surface area contributed by atoms with Crippen LogP contribution in [-0.2, 0) is 19.9 Å². The summed E-state index contributed by atoms with van der Waals surface area (Å²) in [5, 5.41) is 0. The van der Waals surface area contributed by atoms with Crippen LogP contribution in [0.25, 0.3) is 0 Å². The zero-order chi connectivity index (χ0) is 15.9. The highest BCUT2D eigenvalue weighted by Crippen LogP contribution is 2.27. The lowest BCUT2D eigenvalue weighted by molar-refractivity contribution is 0.411. The molecule has 1 unspecified atom stereocenters. The summed E-state index contributed by atoms with van der Waals surface area (Å²) in [6, 6.07) is 7.44. The Kier molecular flexibility index (Phi) is 3.79. The fourth-order valence-electron chi connectivity index (χ4n) is 3.35. The number of aryl methyl sites for hydroxylation is 2. The molecule has 0 aliphatic heterocycles. The number of aromatic nitrogens is 1. The molecule has 1 heterocycles. The molecule has 0 saturated carbocycles. The van der Waals surface area contributed by atoms with Gasteiger partial charge in [-0.3, -0.25) is 4.79 Å². The van der Waals surface area contributed by atoms with Crippen molar-refractivity contribution in [2.75, 3.05) is 7.11 Å². The van der Waals surface area contributed by atoms with Crippen LogP contribution in [0.15, 0.2) is 29.1 Å². The minimum Gasteiger partial charge on any atom is -0.496 e. The van der Waals surface area contributed by atoms with Crippen molar-refractivity contribution in [3.8, 4) is 5.75 Å². The van der Waals surface area contributed by atoms with Crippen LogP contribution in [-0.4, -0.2) is 11.7 Å². The van der Waals surface area contributed by atoms with Gasteiger partial charge in [-0.25, -0.2) is 0 Å². The Hall–Kier alpha value is -2.07. The van der Waals surface area contributed by atoms with E-state index in [1.54, 1.807) is 11.7 Å². The van der Waals surface area contributed by atoms with Gasteiger partial charge >= 0.3 is 0 Å². The summed E-state index contributed by atoms with van der Waals surface area (Å²) in [5.74, 6) is 0.831. The standard InChI is InChI=1S/C18H22N2O2/c1-11-9-13(7-8-16(11)22-3)17(19)14-10-12-5-4-6-15(12)20(2)18(14)21/h7-10,17H,4-6,19H2,1-3H3. The Labute approximate surface area is 130 Å². The Morgan fingerprint density at radius 1 is 1.27 bits per heavy atom. The summed E-state index contributed by atoms with van der Waals surface area (Å²) in [7, 11) is 3.50. The SMILES string of the molecule is COc1ccc(C(N)c2cc3c(n(C)c2=O)CCC3)cc1C. The molecule has 2 N–H and O–H groups in total. The van der Waals surface area contributed by atoms with E-state index in [1.807, 2.05) is 38.2 Å². The van der Waals surface area contributed by atoms with Gasteiger partial charge in [0, 0.05) is 18.3 Å². The summed E-state index contributed by atoms with van der Waals surface area (Å²) in [6.45, 7) is 1.98. The van der Waals surface area contributed by atoms with Gasteiger partial charge < -0.3 is 15.0 Å². The molecule has 1 aliphatic rings. The number of nitrogens with zero attached hydrogens (tertiary/aromatic N) is 1. The highest BCUT2D eigenvalue weighted by Gasteiger charge is 2.21. The lowest BCUT2D eigenvalue weighted by Gasteiger charge is -2.17. The van der Waals surface area contributed by atoms with Crippen LogP contribution in [0.1, 0.15) is 40.4 Å². The second-order valence-electron chi connectivity index (χ2n) is 6.00. The smallest absolute Gasteiger partial charge is 0.255 e. The first-order chi connectivity index (χ1) is 10.5. The third-order valence-corrected chi connectivity index (χ3v) is 4.63. The van der Waals surface area contributed by atoms with E-state index in [-0.39, 0.29) is 5.56 Å². The monoisotopic (exact) mass is 298 g/mol. The van der Waals surface area contributed by atoms with E-state index in [1.165, 1.54) is 5.56 Å². The number of hydrogen-bond acceptors (Lipinski definition) is 3. The van der Waals surface area contributed by atoms with Crippen molar-refractivity contribution in [3.63, 3.8) is 0 Å². The van der Waals surface area contributed by atoms with Crippen LogP contribution in [0.3, 0.4) is 0 Å². The first-order valence-corrected chi connectivity index (χ1v) is 7.64. The quantitative estimate of drug-likeness (QED) is 0.945. The number of nitrogens with two attached hydrogens (primary N) is 1. The second-order valence-corrected chi connectivity index (χ2v) is 6.00. The molecule has 4 nitrogen and oxygen atoms in total. The molecule has 4 heteroatoms. The Balaban J connectivity index is 2.06. The van der Waals surface area contributed by atoms with Gasteiger partial charge in [-0.15, -0.1) is 0 Å². The number of methoxy groups -OCH3 is 1. The highest BCUT2D eigenvalue weighted by atomic mass is 16.5. The van der Waals surface area contributed by atoms with Crippen LogP contribution in [0.4, 0.5) is 0 Å². The Morgan fingerprint density at radius 3 is 2.73 bits per heavy atom. The molecule has 0 bridgehead atoms. The topological polar surface area (TPSA) is 57.2 Å². The number of hydrogen-bond donors (Lipinski definition) is 1. The fourth-order valence-corrected chi connectivity index (χ4v) is 3.35. The van der Waals surface area contributed by atoms with Gasteiger partial charge in [-0.2, -0.15) is 0 Å². The van der Waals surface area contributed by atoms with Gasteiger partial charge in [0.1, 0.15) is 5.75 Å². The largest absolute Gasteiger partial charge is 0.496 e. The van der Waals surface area contributed by atoms with Crippen LogP contribution >= 0.6 is 0 Å². The molecule has 116 valence electrons. The van der Waals surface area contributed by atoms with Gasteiger partial charge in [0.2, 0.25) is 0 Å². The van der Waals surface area contributed by atoms with Crippen LogP contribution in [0, 0.1) is 6.92 Å². The van der Waals surface area contributed by atoms with Crippen LogP contribution in [0.5, 0.6) is 5.75 Å². The zero-order valence-electron chi connectivity index (χ0n) is 13.3. The van der Waals surface area contributed by atoms with E-state index in [0.29, 0.717) is 5.56 Å². The number of benzene rings is 1. The van der Waals surface area contributed by atoms with Crippen LogP contribution < -0.4 is 16.0 Å². The predicted octanol–water partition coefficient (Wildman–Crippen LogP) is 2.24. The van der Waals surface area contributed by atoms with Crippen molar-refractivity contribution >= 4 is 0 Å². The summed E-state index contributed by atoms with van der Waals surface area (Å²) in [6.07, 6.45) is 3.13. The van der Waals surface area contributed by atoms with E-state index in [4.69, 9.17) is 10.5 Å². The van der Waals surface area contributed by atoms with E-state index in [9.17, 15) is 4.79 Å². The van der Waals surface area contributed by atoms with Gasteiger partial charge in [0.15, 0.2) is 0 Å². The minimum absolute atomic E-state index is 0.0154. The number of pyridine rings is 1. The molecule has 0 fully saturated rings. The molecule has 1 atom stereocenters. The molecule has 0 saturated heterocycles. The fraction of sp³-hybridized carbons (Fsp3) is 0.389. The third kappa shape index (κ3) is 2.33. The third-order valence-electron chi connectivity index (χ3n) is 4.63. The number of ether oxygens (including phenoxy) is 1. The molecule has 0 spiro atoms. The predicted molar refractivity (Wildman–Crippen MR) is 87.5 cm³/mol. The summed E-state index contributed by atoms with van der Waals surface area (Å²) in [4.78, 5) is 12.6. The number of rotatable bonds is 3. The summed E-state index contributed by atoms with van der Waals surface area (Å²) in [5.41, 5.74) is 11.5. The lowest BCUT2D eigenvalue weighted by Crippen LogP contribution is -2.29. The second kappa shape index (κ2) is 5.61. The molecular weight excluding hydrogens is 276 g/mol. The van der Waals surface area contributed by atoms with Crippen molar-refractivity contribution in [1.82, 2.24) is 4.57 Å². The van der Waals surface area contributed by atoms with Crippen molar-refractivity contribution in [2.24, 2.45) is 12.8 Å². The van der Waals surface area contributed by atoms with Crippen LogP contribution in [0.2, 0.25) is 0 Å². The van der Waals surface area contributed by atoms with Crippen molar-refractivity contribution in [2.45, 2.75) is 32.2 Å². The van der Waals surface area contributed by atoms with Gasteiger partial charge in [0.25, 0.3) is 5.56 Å². The average molecular weight is 298 g/mol. The van der Waals surface area contributed by atoms with Crippen molar-refractivity contribution in [1.29, 1.82) is 0 Å². The minimum atomic E-state index is -0.408. The van der Waals surface area contributed by atoms with Crippen molar-refractivity contribution < 1.29 is 4.74 Å². The first-order valence-electron chi connectivity index (χ1n) is 7.64. The molecule has 0 amide bonds. The molecule has 22 heavy (non-hydrogen) atoms. The Bertz CT molecular complexity index is 777. The molecule has 1 aliphatic carbocycles.